The molecule has 2 heteroatoms. The fourth-order valence-electron chi connectivity index (χ4n) is 4.59. The van der Waals surface area contributed by atoms with Gasteiger partial charge in [-0.2, -0.15) is 0 Å². The maximum atomic E-state index is 6.11. The summed E-state index contributed by atoms with van der Waals surface area (Å²) in [5.41, 5.74) is 8.04. The van der Waals surface area contributed by atoms with Crippen LogP contribution in [0.2, 0.25) is 0 Å². The lowest BCUT2D eigenvalue weighted by Crippen LogP contribution is -2.04. The van der Waals surface area contributed by atoms with Crippen molar-refractivity contribution in [3.05, 3.63) is 88.7 Å². The molecule has 0 saturated carbocycles. The van der Waals surface area contributed by atoms with Crippen LogP contribution in [0.1, 0.15) is 33.9 Å². The zero-order valence-corrected chi connectivity index (χ0v) is 16.0. The van der Waals surface area contributed by atoms with Crippen LogP contribution in [0.5, 0.6) is 0 Å². The van der Waals surface area contributed by atoms with E-state index in [1.165, 1.54) is 38.4 Å². The van der Waals surface area contributed by atoms with Crippen molar-refractivity contribution in [3.8, 4) is 0 Å². The molecule has 0 aliphatic heterocycles. The Balaban J connectivity index is 1.50. The van der Waals surface area contributed by atoms with Crippen molar-refractivity contribution in [1.82, 2.24) is 0 Å². The molecule has 1 aliphatic carbocycles. The first-order valence-electron chi connectivity index (χ1n) is 9.79. The Kier molecular flexibility index (Phi) is 3.16. The summed E-state index contributed by atoms with van der Waals surface area (Å²) in [6, 6.07) is 19.3. The van der Waals surface area contributed by atoms with Gasteiger partial charge in [0.2, 0.25) is 0 Å². The zero-order chi connectivity index (χ0) is 18.8. The van der Waals surface area contributed by atoms with Gasteiger partial charge in [-0.15, -0.1) is 0 Å². The number of hydrogen-bond donors (Lipinski definition) is 0. The van der Waals surface area contributed by atoms with Crippen LogP contribution in [0.25, 0.3) is 39.0 Å². The molecular formula is C26H20O2. The summed E-state index contributed by atoms with van der Waals surface area (Å²) in [6.45, 7) is 4.28. The third kappa shape index (κ3) is 2.21. The molecule has 0 N–H and O–H groups in total. The van der Waals surface area contributed by atoms with E-state index in [9.17, 15) is 0 Å². The van der Waals surface area contributed by atoms with E-state index in [4.69, 9.17) is 8.83 Å². The summed E-state index contributed by atoms with van der Waals surface area (Å²) in [6.07, 6.45) is 5.38. The molecule has 0 bridgehead atoms. The van der Waals surface area contributed by atoms with Crippen LogP contribution in [-0.4, -0.2) is 0 Å². The minimum Gasteiger partial charge on any atom is -0.456 e. The quantitative estimate of drug-likeness (QED) is 0.312. The maximum absolute atomic E-state index is 6.11. The second kappa shape index (κ2) is 5.62. The molecule has 5 aromatic rings. The van der Waals surface area contributed by atoms with Crippen LogP contribution in [0, 0.1) is 13.8 Å². The van der Waals surface area contributed by atoms with E-state index in [0.717, 1.165) is 28.9 Å². The predicted molar refractivity (Wildman–Crippen MR) is 115 cm³/mol. The maximum Gasteiger partial charge on any atom is 0.138 e. The number of allylic oxidation sites excluding steroid dienone is 1. The zero-order valence-electron chi connectivity index (χ0n) is 16.0. The summed E-state index contributed by atoms with van der Waals surface area (Å²) in [4.78, 5) is 0. The number of hydrogen-bond acceptors (Lipinski definition) is 2. The lowest BCUT2D eigenvalue weighted by Gasteiger charge is -2.18. The van der Waals surface area contributed by atoms with Gasteiger partial charge in [0, 0.05) is 27.6 Å². The summed E-state index contributed by atoms with van der Waals surface area (Å²) < 4.78 is 12.2. The summed E-state index contributed by atoms with van der Waals surface area (Å²) >= 11 is 0. The van der Waals surface area contributed by atoms with Crippen molar-refractivity contribution >= 4 is 39.0 Å². The number of benzene rings is 3. The topological polar surface area (TPSA) is 26.3 Å². The van der Waals surface area contributed by atoms with E-state index in [2.05, 4.69) is 68.5 Å². The number of fused-ring (bicyclic) bond motifs is 6. The molecule has 2 heterocycles. The first kappa shape index (κ1) is 15.8. The molecule has 2 nitrogen and oxygen atoms in total. The van der Waals surface area contributed by atoms with Crippen molar-refractivity contribution in [1.29, 1.82) is 0 Å². The van der Waals surface area contributed by atoms with Crippen molar-refractivity contribution in [2.75, 3.05) is 0 Å². The first-order chi connectivity index (χ1) is 13.7. The average molecular weight is 364 g/mol. The highest BCUT2D eigenvalue weighted by Crippen LogP contribution is 2.39. The second-order valence-electron chi connectivity index (χ2n) is 7.93. The highest BCUT2D eigenvalue weighted by molar-refractivity contribution is 6.06. The largest absolute Gasteiger partial charge is 0.456 e. The Labute approximate surface area is 163 Å². The third-order valence-corrected chi connectivity index (χ3v) is 6.00. The minimum absolute atomic E-state index is 0.338. The van der Waals surface area contributed by atoms with Gasteiger partial charge in [-0.25, -0.2) is 0 Å². The Hall–Kier alpha value is -3.26. The highest BCUT2D eigenvalue weighted by Gasteiger charge is 2.23. The highest BCUT2D eigenvalue weighted by atomic mass is 16.3. The molecular weight excluding hydrogens is 344 g/mol. The van der Waals surface area contributed by atoms with Crippen LogP contribution in [0.3, 0.4) is 0 Å². The van der Waals surface area contributed by atoms with Gasteiger partial charge in [0.05, 0.1) is 0 Å². The molecule has 1 aliphatic rings. The van der Waals surface area contributed by atoms with Crippen LogP contribution in [0.15, 0.2) is 69.5 Å². The fourth-order valence-corrected chi connectivity index (χ4v) is 4.59. The Bertz CT molecular complexity index is 1410. The van der Waals surface area contributed by atoms with E-state index in [1.807, 2.05) is 12.1 Å². The third-order valence-electron chi connectivity index (χ3n) is 6.00. The molecule has 0 spiro atoms. The van der Waals surface area contributed by atoms with E-state index in [-0.39, 0.29) is 0 Å². The summed E-state index contributed by atoms with van der Waals surface area (Å²) in [5.74, 6) is 1.34. The number of para-hydroxylation sites is 1. The van der Waals surface area contributed by atoms with E-state index >= 15 is 0 Å². The SMILES string of the molecule is Cc1ccc2oc3c(c2c1)CC(c1cc(C)c2oc4ccccc4c2c1)C=C3. The lowest BCUT2D eigenvalue weighted by molar-refractivity contribution is 0.591. The number of aryl methyl sites for hydroxylation is 2. The molecule has 1 unspecified atom stereocenters. The molecule has 28 heavy (non-hydrogen) atoms. The van der Waals surface area contributed by atoms with Crippen molar-refractivity contribution < 1.29 is 8.83 Å². The Morgan fingerprint density at radius 1 is 0.821 bits per heavy atom. The molecule has 2 aromatic heterocycles. The Morgan fingerprint density at radius 2 is 1.68 bits per heavy atom. The minimum atomic E-state index is 0.338. The number of furan rings is 2. The van der Waals surface area contributed by atoms with Crippen molar-refractivity contribution in [2.24, 2.45) is 0 Å². The van der Waals surface area contributed by atoms with Gasteiger partial charge in [0.15, 0.2) is 0 Å². The number of rotatable bonds is 1. The predicted octanol–water partition coefficient (Wildman–Crippen LogP) is 7.30. The monoisotopic (exact) mass is 364 g/mol. The average Bonchev–Trinajstić information content (AvgIpc) is 3.26. The van der Waals surface area contributed by atoms with E-state index < -0.39 is 0 Å². The smallest absolute Gasteiger partial charge is 0.138 e. The van der Waals surface area contributed by atoms with Gasteiger partial charge in [-0.05, 0) is 61.7 Å². The van der Waals surface area contributed by atoms with Gasteiger partial charge in [0.25, 0.3) is 0 Å². The molecule has 0 fully saturated rings. The van der Waals surface area contributed by atoms with E-state index in [0.29, 0.717) is 5.92 Å². The van der Waals surface area contributed by atoms with Crippen molar-refractivity contribution in [3.63, 3.8) is 0 Å². The second-order valence-corrected chi connectivity index (χ2v) is 7.93. The summed E-state index contributed by atoms with van der Waals surface area (Å²) in [7, 11) is 0. The summed E-state index contributed by atoms with van der Waals surface area (Å²) in [5, 5.41) is 3.64. The van der Waals surface area contributed by atoms with Gasteiger partial charge in [-0.1, -0.05) is 42.0 Å². The van der Waals surface area contributed by atoms with Gasteiger partial charge in [-0.3, -0.25) is 0 Å². The fraction of sp³-hybridized carbons (Fsp3) is 0.154. The van der Waals surface area contributed by atoms with Crippen LogP contribution < -0.4 is 0 Å². The normalized spacial score (nSPS) is 16.3. The van der Waals surface area contributed by atoms with Crippen LogP contribution in [-0.2, 0) is 6.42 Å². The molecule has 136 valence electrons. The molecule has 0 saturated heterocycles. The van der Waals surface area contributed by atoms with E-state index in [1.54, 1.807) is 0 Å². The van der Waals surface area contributed by atoms with Gasteiger partial charge in [0.1, 0.15) is 22.5 Å². The lowest BCUT2D eigenvalue weighted by atomic mass is 9.85. The molecule has 6 rings (SSSR count). The van der Waals surface area contributed by atoms with Crippen LogP contribution >= 0.6 is 0 Å². The molecule has 0 amide bonds. The van der Waals surface area contributed by atoms with Gasteiger partial charge >= 0.3 is 0 Å². The molecule has 0 radical (unpaired) electrons. The standard InChI is InChI=1S/C26H20O2/c1-15-7-9-24-20(11-15)21-13-17(8-10-25(21)27-24)18-12-16(2)26-22(14-18)19-5-3-4-6-23(19)28-26/h3-12,14,17H,13H2,1-2H3. The van der Waals surface area contributed by atoms with Crippen LogP contribution in [0.4, 0.5) is 0 Å². The van der Waals surface area contributed by atoms with Crippen molar-refractivity contribution in [2.45, 2.75) is 26.2 Å². The first-order valence-corrected chi connectivity index (χ1v) is 9.79. The molecule has 3 aromatic carbocycles. The Morgan fingerprint density at radius 3 is 2.61 bits per heavy atom. The van der Waals surface area contributed by atoms with Gasteiger partial charge < -0.3 is 8.83 Å². The molecule has 1 atom stereocenters.